The minimum atomic E-state index is 0.366. The van der Waals surface area contributed by atoms with Gasteiger partial charge in [0.05, 0.1) is 0 Å². The molecule has 0 N–H and O–H groups in total. The Morgan fingerprint density at radius 1 is 1.20 bits per heavy atom. The molecule has 2 rings (SSSR count). The van der Waals surface area contributed by atoms with Gasteiger partial charge in [-0.05, 0) is 6.07 Å². The van der Waals surface area contributed by atoms with Gasteiger partial charge >= 0.3 is 0 Å². The van der Waals surface area contributed by atoms with Crippen molar-refractivity contribution in [1.29, 1.82) is 0 Å². The average Bonchev–Trinajstić information content (AvgIpc) is 2.65. The lowest BCUT2D eigenvalue weighted by atomic mass is 10.4. The summed E-state index contributed by atoms with van der Waals surface area (Å²) in [6.45, 7) is 0.712. The molecule has 2 aromatic rings. The van der Waals surface area contributed by atoms with Crippen molar-refractivity contribution in [2.45, 2.75) is 13.0 Å². The van der Waals surface area contributed by atoms with E-state index in [0.29, 0.717) is 29.1 Å². The molecule has 2 heterocycles. The highest BCUT2D eigenvalue weighted by molar-refractivity contribution is 6.33. The van der Waals surface area contributed by atoms with Gasteiger partial charge in [0, 0.05) is 31.4 Å². The molecule has 0 fully saturated rings. The van der Waals surface area contributed by atoms with Gasteiger partial charge in [0.15, 0.2) is 0 Å². The van der Waals surface area contributed by atoms with E-state index in [-0.39, 0.29) is 0 Å². The molecular formula is C9H8Cl2N4. The van der Waals surface area contributed by atoms with E-state index in [1.165, 1.54) is 6.07 Å². The number of rotatable bonds is 3. The molecule has 2 aromatic heterocycles. The van der Waals surface area contributed by atoms with Gasteiger partial charge in [-0.3, -0.25) is 4.68 Å². The van der Waals surface area contributed by atoms with Gasteiger partial charge < -0.3 is 0 Å². The molecule has 0 spiro atoms. The number of nitrogens with zero attached hydrogens (tertiary/aromatic N) is 4. The number of aryl methyl sites for hydroxylation is 2. The smallest absolute Gasteiger partial charge is 0.134 e. The Labute approximate surface area is 96.9 Å². The molecule has 0 aliphatic carbocycles. The number of hydrogen-bond donors (Lipinski definition) is 0. The van der Waals surface area contributed by atoms with E-state index >= 15 is 0 Å². The quantitative estimate of drug-likeness (QED) is 0.776. The number of halogens is 2. The summed E-state index contributed by atoms with van der Waals surface area (Å²) < 4.78 is 1.80. The second-order valence-electron chi connectivity index (χ2n) is 2.95. The summed E-state index contributed by atoms with van der Waals surface area (Å²) in [5.41, 5.74) is 0. The van der Waals surface area contributed by atoms with E-state index in [9.17, 15) is 0 Å². The SMILES string of the molecule is Clc1cc(Cl)nc(CCn2cccn2)n1. The van der Waals surface area contributed by atoms with Crippen LogP contribution >= 0.6 is 23.2 Å². The van der Waals surface area contributed by atoms with E-state index in [1.54, 1.807) is 10.9 Å². The second kappa shape index (κ2) is 4.59. The van der Waals surface area contributed by atoms with Crippen molar-refractivity contribution in [2.75, 3.05) is 0 Å². The summed E-state index contributed by atoms with van der Waals surface area (Å²) in [6, 6.07) is 3.38. The lowest BCUT2D eigenvalue weighted by Crippen LogP contribution is -2.05. The Morgan fingerprint density at radius 3 is 2.53 bits per heavy atom. The molecule has 15 heavy (non-hydrogen) atoms. The summed E-state index contributed by atoms with van der Waals surface area (Å²) in [6.07, 6.45) is 4.26. The summed E-state index contributed by atoms with van der Waals surface area (Å²) in [5, 5.41) is 4.80. The second-order valence-corrected chi connectivity index (χ2v) is 3.72. The van der Waals surface area contributed by atoms with Gasteiger partial charge in [-0.1, -0.05) is 23.2 Å². The first-order valence-electron chi connectivity index (χ1n) is 4.40. The minimum Gasteiger partial charge on any atom is -0.272 e. The van der Waals surface area contributed by atoms with Crippen LogP contribution < -0.4 is 0 Å². The van der Waals surface area contributed by atoms with Gasteiger partial charge in [-0.15, -0.1) is 0 Å². The molecule has 0 saturated heterocycles. The maximum Gasteiger partial charge on any atom is 0.134 e. The van der Waals surface area contributed by atoms with Crippen LogP contribution in [0.2, 0.25) is 10.3 Å². The molecule has 0 unspecified atom stereocenters. The fourth-order valence-corrected chi connectivity index (χ4v) is 1.65. The van der Waals surface area contributed by atoms with Crippen LogP contribution in [-0.4, -0.2) is 19.7 Å². The topological polar surface area (TPSA) is 43.6 Å². The first kappa shape index (κ1) is 10.4. The Hall–Kier alpha value is -1.13. The van der Waals surface area contributed by atoms with Gasteiger partial charge in [0.25, 0.3) is 0 Å². The third kappa shape index (κ3) is 2.91. The molecule has 0 bridgehead atoms. The maximum absolute atomic E-state index is 5.75. The summed E-state index contributed by atoms with van der Waals surface area (Å²) in [7, 11) is 0. The molecule has 78 valence electrons. The molecule has 0 saturated carbocycles. The van der Waals surface area contributed by atoms with Gasteiger partial charge in [-0.25, -0.2) is 9.97 Å². The lowest BCUT2D eigenvalue weighted by Gasteiger charge is -2.01. The molecule has 0 aliphatic rings. The maximum atomic E-state index is 5.75. The van der Waals surface area contributed by atoms with Crippen LogP contribution in [-0.2, 0) is 13.0 Å². The fourth-order valence-electron chi connectivity index (χ4n) is 1.19. The standard InChI is InChI=1S/C9H8Cl2N4/c10-7-6-8(11)14-9(13-7)2-5-15-4-1-3-12-15/h1,3-4,6H,2,5H2. The van der Waals surface area contributed by atoms with Crippen LogP contribution in [0.1, 0.15) is 5.82 Å². The van der Waals surface area contributed by atoms with Crippen molar-refractivity contribution in [2.24, 2.45) is 0 Å². The Balaban J connectivity index is 2.05. The van der Waals surface area contributed by atoms with Crippen molar-refractivity contribution >= 4 is 23.2 Å². The first-order chi connectivity index (χ1) is 7.24. The Morgan fingerprint density at radius 2 is 1.93 bits per heavy atom. The highest BCUT2D eigenvalue weighted by atomic mass is 35.5. The summed E-state index contributed by atoms with van der Waals surface area (Å²) in [4.78, 5) is 8.12. The van der Waals surface area contributed by atoms with Crippen LogP contribution in [0.3, 0.4) is 0 Å². The van der Waals surface area contributed by atoms with Crippen LogP contribution in [0.25, 0.3) is 0 Å². The van der Waals surface area contributed by atoms with Crippen LogP contribution in [0.15, 0.2) is 24.5 Å². The van der Waals surface area contributed by atoms with Crippen molar-refractivity contribution in [3.63, 3.8) is 0 Å². The Bertz CT molecular complexity index is 421. The van der Waals surface area contributed by atoms with E-state index in [0.717, 1.165) is 0 Å². The van der Waals surface area contributed by atoms with E-state index in [4.69, 9.17) is 23.2 Å². The van der Waals surface area contributed by atoms with Gasteiger partial charge in [-0.2, -0.15) is 5.10 Å². The van der Waals surface area contributed by atoms with Crippen LogP contribution in [0, 0.1) is 0 Å². The molecule has 6 heteroatoms. The molecular weight excluding hydrogens is 235 g/mol. The van der Waals surface area contributed by atoms with Crippen LogP contribution in [0.4, 0.5) is 0 Å². The number of hydrogen-bond acceptors (Lipinski definition) is 3. The third-order valence-electron chi connectivity index (χ3n) is 1.83. The number of aromatic nitrogens is 4. The highest BCUT2D eigenvalue weighted by Gasteiger charge is 2.02. The molecule has 4 nitrogen and oxygen atoms in total. The zero-order valence-electron chi connectivity index (χ0n) is 7.77. The molecule has 0 radical (unpaired) electrons. The zero-order chi connectivity index (χ0) is 10.7. The van der Waals surface area contributed by atoms with E-state index in [1.807, 2.05) is 12.3 Å². The van der Waals surface area contributed by atoms with Gasteiger partial charge in [0.2, 0.25) is 0 Å². The predicted molar refractivity (Wildman–Crippen MR) is 58.0 cm³/mol. The van der Waals surface area contributed by atoms with Crippen molar-refractivity contribution in [1.82, 2.24) is 19.7 Å². The van der Waals surface area contributed by atoms with E-state index in [2.05, 4.69) is 15.1 Å². The highest BCUT2D eigenvalue weighted by Crippen LogP contribution is 2.11. The molecule has 0 atom stereocenters. The third-order valence-corrected chi connectivity index (χ3v) is 2.22. The summed E-state index contributed by atoms with van der Waals surface area (Å²) >= 11 is 11.5. The normalized spacial score (nSPS) is 10.5. The molecule has 0 amide bonds. The fraction of sp³-hybridized carbons (Fsp3) is 0.222. The predicted octanol–water partition coefficient (Wildman–Crippen LogP) is 2.22. The summed E-state index contributed by atoms with van der Waals surface area (Å²) in [5.74, 6) is 0.628. The van der Waals surface area contributed by atoms with E-state index < -0.39 is 0 Å². The largest absolute Gasteiger partial charge is 0.272 e. The van der Waals surface area contributed by atoms with Crippen molar-refractivity contribution in [3.05, 3.63) is 40.7 Å². The Kier molecular flexibility index (Phi) is 3.18. The first-order valence-corrected chi connectivity index (χ1v) is 5.16. The van der Waals surface area contributed by atoms with Crippen molar-refractivity contribution in [3.8, 4) is 0 Å². The van der Waals surface area contributed by atoms with Crippen molar-refractivity contribution < 1.29 is 0 Å². The van der Waals surface area contributed by atoms with Gasteiger partial charge in [0.1, 0.15) is 16.1 Å². The monoisotopic (exact) mass is 242 g/mol. The zero-order valence-corrected chi connectivity index (χ0v) is 9.28. The minimum absolute atomic E-state index is 0.366. The average molecular weight is 243 g/mol. The lowest BCUT2D eigenvalue weighted by molar-refractivity contribution is 0.600. The van der Waals surface area contributed by atoms with Crippen LogP contribution in [0.5, 0.6) is 0 Å². The molecule has 0 aliphatic heterocycles. The molecule has 0 aromatic carbocycles.